The van der Waals surface area contributed by atoms with E-state index in [2.05, 4.69) is 23.9 Å². The van der Waals surface area contributed by atoms with Gasteiger partial charge in [-0.15, -0.1) is 0 Å². The van der Waals surface area contributed by atoms with Gasteiger partial charge in [-0.3, -0.25) is 9.69 Å². The van der Waals surface area contributed by atoms with Crippen LogP contribution in [0.25, 0.3) is 0 Å². The maximum atomic E-state index is 12.4. The Morgan fingerprint density at radius 3 is 2.67 bits per heavy atom. The van der Waals surface area contributed by atoms with Crippen LogP contribution in [0.2, 0.25) is 0 Å². The highest BCUT2D eigenvalue weighted by Crippen LogP contribution is 2.25. The summed E-state index contributed by atoms with van der Waals surface area (Å²) in [5.41, 5.74) is 1.12. The Bertz CT molecular complexity index is 561. The fraction of sp³-hybridized carbons (Fsp3) is 0.611. The molecule has 1 aromatic rings. The lowest BCUT2D eigenvalue weighted by atomic mass is 10.1. The van der Waals surface area contributed by atoms with Crippen molar-refractivity contribution >= 4 is 5.91 Å². The summed E-state index contributed by atoms with van der Waals surface area (Å²) < 4.78 is 11.0. The minimum absolute atomic E-state index is 0.0847. The van der Waals surface area contributed by atoms with E-state index >= 15 is 0 Å². The largest absolute Gasteiger partial charge is 0.497 e. The maximum absolute atomic E-state index is 12.4. The maximum Gasteiger partial charge on any atom is 0.249 e. The molecule has 132 valence electrons. The van der Waals surface area contributed by atoms with Gasteiger partial charge in [-0.2, -0.15) is 0 Å². The molecule has 2 aliphatic heterocycles. The topological polar surface area (TPSA) is 45.2 Å². The van der Waals surface area contributed by atoms with E-state index in [1.165, 1.54) is 0 Å². The fourth-order valence-electron chi connectivity index (χ4n) is 3.40. The molecule has 0 aliphatic carbocycles. The van der Waals surface area contributed by atoms with Crippen LogP contribution in [0.15, 0.2) is 24.3 Å². The molecule has 2 fully saturated rings. The zero-order valence-corrected chi connectivity index (χ0v) is 14.8. The smallest absolute Gasteiger partial charge is 0.249 e. The van der Waals surface area contributed by atoms with E-state index in [4.69, 9.17) is 9.47 Å². The first kappa shape index (κ1) is 17.2. The predicted octanol–water partition coefficient (Wildman–Crippen LogP) is 0.668. The average molecular weight is 333 g/mol. The summed E-state index contributed by atoms with van der Waals surface area (Å²) in [6.07, 6.45) is 0.128. The van der Waals surface area contributed by atoms with Gasteiger partial charge < -0.3 is 19.3 Å². The zero-order chi connectivity index (χ0) is 17.1. The second kappa shape index (κ2) is 7.51. The van der Waals surface area contributed by atoms with Crippen molar-refractivity contribution in [3.63, 3.8) is 0 Å². The Balaban J connectivity index is 1.65. The second-order valence-corrected chi connectivity index (χ2v) is 6.85. The van der Waals surface area contributed by atoms with Gasteiger partial charge in [0.05, 0.1) is 19.3 Å². The van der Waals surface area contributed by atoms with Crippen LogP contribution in [0, 0.1) is 0 Å². The van der Waals surface area contributed by atoms with Crippen LogP contribution in [-0.2, 0) is 16.1 Å². The highest BCUT2D eigenvalue weighted by Gasteiger charge is 2.42. The molecule has 2 saturated heterocycles. The minimum Gasteiger partial charge on any atom is -0.497 e. The van der Waals surface area contributed by atoms with Crippen LogP contribution in [-0.4, -0.2) is 86.7 Å². The zero-order valence-electron chi connectivity index (χ0n) is 14.8. The number of morpholine rings is 1. The lowest BCUT2D eigenvalue weighted by Gasteiger charge is -2.36. The second-order valence-electron chi connectivity index (χ2n) is 6.85. The minimum atomic E-state index is 0.0847. The first-order valence-electron chi connectivity index (χ1n) is 8.48. The van der Waals surface area contributed by atoms with Crippen LogP contribution < -0.4 is 4.74 Å². The van der Waals surface area contributed by atoms with Gasteiger partial charge in [0.1, 0.15) is 12.4 Å². The Morgan fingerprint density at radius 1 is 1.25 bits per heavy atom. The average Bonchev–Trinajstić information content (AvgIpc) is 3.00. The molecule has 6 heteroatoms. The van der Waals surface area contributed by atoms with E-state index in [-0.39, 0.29) is 24.7 Å². The quantitative estimate of drug-likeness (QED) is 0.766. The monoisotopic (exact) mass is 333 g/mol. The van der Waals surface area contributed by atoms with Gasteiger partial charge >= 0.3 is 0 Å². The highest BCUT2D eigenvalue weighted by atomic mass is 16.5. The lowest BCUT2D eigenvalue weighted by molar-refractivity contribution is -0.153. The number of nitrogens with zero attached hydrogens (tertiary/aromatic N) is 3. The Hall–Kier alpha value is -1.63. The Kier molecular flexibility index (Phi) is 5.38. The molecule has 1 aromatic carbocycles. The van der Waals surface area contributed by atoms with Crippen molar-refractivity contribution < 1.29 is 14.3 Å². The van der Waals surface area contributed by atoms with Crippen molar-refractivity contribution in [1.82, 2.24) is 14.7 Å². The van der Waals surface area contributed by atoms with E-state index < -0.39 is 0 Å². The summed E-state index contributed by atoms with van der Waals surface area (Å²) in [7, 11) is 5.82. The number of hydrogen-bond acceptors (Lipinski definition) is 5. The van der Waals surface area contributed by atoms with E-state index in [1.807, 2.05) is 29.2 Å². The molecule has 2 atom stereocenters. The molecule has 0 saturated carbocycles. The number of carbonyl (C=O) groups excluding carboxylic acids is 1. The van der Waals surface area contributed by atoms with Crippen LogP contribution in [0.5, 0.6) is 5.75 Å². The standard InChI is InChI=1S/C18H27N3O3/c1-19(2)8-9-20-11-16-17(12-20)24-13-18(22)21(16)10-14-4-6-15(23-3)7-5-14/h4-7,16-17H,8-13H2,1-3H3/t16-,17-/m0/s1. The van der Waals surface area contributed by atoms with E-state index in [0.29, 0.717) is 6.54 Å². The molecule has 0 bridgehead atoms. The predicted molar refractivity (Wildman–Crippen MR) is 92.1 cm³/mol. The number of ether oxygens (including phenoxy) is 2. The summed E-state index contributed by atoms with van der Waals surface area (Å²) in [6, 6.07) is 8.08. The van der Waals surface area contributed by atoms with Crippen molar-refractivity contribution in [2.24, 2.45) is 0 Å². The number of amides is 1. The number of methoxy groups -OCH3 is 1. The number of rotatable bonds is 6. The van der Waals surface area contributed by atoms with E-state index in [9.17, 15) is 4.79 Å². The van der Waals surface area contributed by atoms with Gasteiger partial charge in [-0.25, -0.2) is 0 Å². The first-order valence-corrected chi connectivity index (χ1v) is 8.48. The first-order chi connectivity index (χ1) is 11.6. The number of fused-ring (bicyclic) bond motifs is 1. The van der Waals surface area contributed by atoms with Crippen LogP contribution in [0.3, 0.4) is 0 Å². The normalized spacial score (nSPS) is 24.5. The Morgan fingerprint density at radius 2 is 2.00 bits per heavy atom. The third kappa shape index (κ3) is 3.88. The summed E-state index contributed by atoms with van der Waals surface area (Å²) >= 11 is 0. The molecule has 0 unspecified atom stereocenters. The number of benzene rings is 1. The molecule has 1 amide bonds. The van der Waals surface area contributed by atoms with E-state index in [1.54, 1.807) is 7.11 Å². The van der Waals surface area contributed by atoms with Gasteiger partial charge in [-0.1, -0.05) is 12.1 Å². The molecule has 2 aliphatic rings. The van der Waals surface area contributed by atoms with Gasteiger partial charge in [0.25, 0.3) is 0 Å². The molecule has 0 N–H and O–H groups in total. The molecule has 0 spiro atoms. The molecule has 2 heterocycles. The van der Waals surface area contributed by atoms with Crippen LogP contribution in [0.1, 0.15) is 5.56 Å². The van der Waals surface area contributed by atoms with Crippen molar-refractivity contribution in [1.29, 1.82) is 0 Å². The molecule has 0 radical (unpaired) electrons. The summed E-state index contributed by atoms with van der Waals surface area (Å²) in [5.74, 6) is 0.919. The van der Waals surface area contributed by atoms with Gasteiger partial charge in [-0.05, 0) is 31.8 Å². The third-order valence-electron chi connectivity index (χ3n) is 4.83. The molecule has 0 aromatic heterocycles. The fourth-order valence-corrected chi connectivity index (χ4v) is 3.40. The molecule has 3 rings (SSSR count). The molecular weight excluding hydrogens is 306 g/mol. The lowest BCUT2D eigenvalue weighted by Crippen LogP contribution is -2.53. The molecular formula is C18H27N3O3. The van der Waals surface area contributed by atoms with E-state index in [0.717, 1.165) is 37.5 Å². The summed E-state index contributed by atoms with van der Waals surface area (Å²) in [5, 5.41) is 0. The number of hydrogen-bond donors (Lipinski definition) is 0. The van der Waals surface area contributed by atoms with Crippen molar-refractivity contribution in [3.8, 4) is 5.75 Å². The van der Waals surface area contributed by atoms with Crippen molar-refractivity contribution in [3.05, 3.63) is 29.8 Å². The van der Waals surface area contributed by atoms with Crippen molar-refractivity contribution in [2.75, 3.05) is 54.0 Å². The number of carbonyl (C=O) groups is 1. The summed E-state index contributed by atoms with van der Waals surface area (Å²) in [6.45, 7) is 4.65. The SMILES string of the molecule is COc1ccc(CN2C(=O)CO[C@H]3CN(CCN(C)C)C[C@@H]32)cc1. The third-order valence-corrected chi connectivity index (χ3v) is 4.83. The number of likely N-dealkylation sites (tertiary alicyclic amines) is 1. The van der Waals surface area contributed by atoms with Crippen LogP contribution in [0.4, 0.5) is 0 Å². The van der Waals surface area contributed by atoms with Crippen LogP contribution >= 0.6 is 0 Å². The van der Waals surface area contributed by atoms with Gasteiger partial charge in [0, 0.05) is 32.7 Å². The summed E-state index contributed by atoms with van der Waals surface area (Å²) in [4.78, 5) is 19.0. The van der Waals surface area contributed by atoms with Crippen molar-refractivity contribution in [2.45, 2.75) is 18.7 Å². The Labute approximate surface area is 143 Å². The molecule has 24 heavy (non-hydrogen) atoms. The highest BCUT2D eigenvalue weighted by molar-refractivity contribution is 5.78. The molecule has 6 nitrogen and oxygen atoms in total. The van der Waals surface area contributed by atoms with Gasteiger partial charge in [0.2, 0.25) is 5.91 Å². The van der Waals surface area contributed by atoms with Gasteiger partial charge in [0.15, 0.2) is 0 Å². The number of likely N-dealkylation sites (N-methyl/N-ethyl adjacent to an activating group) is 1.